The lowest BCUT2D eigenvalue weighted by atomic mass is 10.1. The molecule has 0 fully saturated rings. The van der Waals surface area contributed by atoms with Crippen molar-refractivity contribution in [1.29, 1.82) is 0 Å². The first kappa shape index (κ1) is 21.5. The Bertz CT molecular complexity index is 944. The maximum Gasteiger partial charge on any atom is 0.418 e. The van der Waals surface area contributed by atoms with E-state index < -0.39 is 33.8 Å². The van der Waals surface area contributed by atoms with Gasteiger partial charge in [0.1, 0.15) is 5.75 Å². The van der Waals surface area contributed by atoms with Gasteiger partial charge < -0.3 is 10.1 Å². The number of para-hydroxylation sites is 1. The summed E-state index contributed by atoms with van der Waals surface area (Å²) in [6.07, 6.45) is -4.63. The Balaban J connectivity index is 2.08. The van der Waals surface area contributed by atoms with Crippen molar-refractivity contribution in [3.8, 4) is 5.75 Å². The van der Waals surface area contributed by atoms with E-state index in [9.17, 15) is 26.4 Å². The number of alkyl halides is 3. The number of sulfonamides is 1. The van der Waals surface area contributed by atoms with Crippen molar-refractivity contribution in [2.75, 3.05) is 22.9 Å². The van der Waals surface area contributed by atoms with Gasteiger partial charge in [0.25, 0.3) is 5.91 Å². The average molecular weight is 416 g/mol. The highest BCUT2D eigenvalue weighted by atomic mass is 32.2. The molecule has 1 atom stereocenters. The summed E-state index contributed by atoms with van der Waals surface area (Å²) in [6.45, 7) is 1.39. The van der Waals surface area contributed by atoms with Crippen LogP contribution in [-0.2, 0) is 21.0 Å². The summed E-state index contributed by atoms with van der Waals surface area (Å²) in [6, 6.07) is 10.5. The minimum absolute atomic E-state index is 0.261. The molecular formula is C18H19F3N2O4S. The minimum atomic E-state index is -4.60. The van der Waals surface area contributed by atoms with Gasteiger partial charge in [0, 0.05) is 7.05 Å². The third-order valence-corrected chi connectivity index (χ3v) is 5.08. The highest BCUT2D eigenvalue weighted by molar-refractivity contribution is 7.92. The number of carbonyl (C=O) groups excluding carboxylic acids is 1. The molecule has 6 nitrogen and oxygen atoms in total. The van der Waals surface area contributed by atoms with Crippen LogP contribution in [-0.4, -0.2) is 33.7 Å². The summed E-state index contributed by atoms with van der Waals surface area (Å²) < 4.78 is 68.6. The number of hydrogen-bond donors (Lipinski definition) is 1. The van der Waals surface area contributed by atoms with Crippen LogP contribution in [0.25, 0.3) is 0 Å². The predicted octanol–water partition coefficient (Wildman–Crippen LogP) is 3.51. The smallest absolute Gasteiger partial charge is 0.418 e. The highest BCUT2D eigenvalue weighted by Crippen LogP contribution is 2.34. The van der Waals surface area contributed by atoms with E-state index in [2.05, 4.69) is 5.32 Å². The van der Waals surface area contributed by atoms with Crippen LogP contribution in [0.4, 0.5) is 24.5 Å². The van der Waals surface area contributed by atoms with Gasteiger partial charge in [-0.2, -0.15) is 13.2 Å². The van der Waals surface area contributed by atoms with Crippen LogP contribution in [0.3, 0.4) is 0 Å². The number of hydrogen-bond acceptors (Lipinski definition) is 4. The van der Waals surface area contributed by atoms with Crippen LogP contribution >= 0.6 is 0 Å². The Kier molecular flexibility index (Phi) is 6.23. The third-order valence-electron chi connectivity index (χ3n) is 3.87. The Hall–Kier alpha value is -2.75. The summed E-state index contributed by atoms with van der Waals surface area (Å²) in [5.74, 6) is -0.494. The molecule has 0 spiro atoms. The number of amides is 1. The number of nitrogens with zero attached hydrogens (tertiary/aromatic N) is 1. The summed E-state index contributed by atoms with van der Waals surface area (Å²) in [5.41, 5.74) is -0.921. The maximum absolute atomic E-state index is 13.0. The quantitative estimate of drug-likeness (QED) is 0.782. The summed E-state index contributed by atoms with van der Waals surface area (Å²) in [5, 5.41) is 2.22. The molecule has 10 heteroatoms. The molecule has 0 aliphatic carbocycles. The number of nitrogens with one attached hydrogen (secondary N) is 1. The zero-order valence-corrected chi connectivity index (χ0v) is 16.1. The predicted molar refractivity (Wildman–Crippen MR) is 99.9 cm³/mol. The van der Waals surface area contributed by atoms with Gasteiger partial charge in [-0.25, -0.2) is 8.42 Å². The van der Waals surface area contributed by atoms with Crippen LogP contribution in [0.2, 0.25) is 0 Å². The van der Waals surface area contributed by atoms with Crippen LogP contribution in [0, 0.1) is 0 Å². The van der Waals surface area contributed by atoms with Gasteiger partial charge in [0.15, 0.2) is 6.10 Å². The van der Waals surface area contributed by atoms with E-state index in [0.717, 1.165) is 22.7 Å². The molecule has 1 amide bonds. The third kappa shape index (κ3) is 5.38. The average Bonchev–Trinajstić information content (AvgIpc) is 2.60. The lowest BCUT2D eigenvalue weighted by molar-refractivity contribution is -0.137. The number of ether oxygens (including phenoxy) is 1. The Labute approximate surface area is 161 Å². The fourth-order valence-electron chi connectivity index (χ4n) is 2.26. The lowest BCUT2D eigenvalue weighted by Gasteiger charge is -2.19. The fourth-order valence-corrected chi connectivity index (χ4v) is 2.76. The number of halogens is 3. The molecule has 0 radical (unpaired) electrons. The maximum atomic E-state index is 13.0. The highest BCUT2D eigenvalue weighted by Gasteiger charge is 2.34. The Morgan fingerprint density at radius 1 is 1.11 bits per heavy atom. The van der Waals surface area contributed by atoms with Crippen LogP contribution in [0.5, 0.6) is 5.75 Å². The van der Waals surface area contributed by atoms with E-state index >= 15 is 0 Å². The van der Waals surface area contributed by atoms with E-state index in [4.69, 9.17) is 4.74 Å². The summed E-state index contributed by atoms with van der Waals surface area (Å²) in [7, 11) is -2.03. The molecule has 2 aromatic rings. The molecule has 1 N–H and O–H groups in total. The van der Waals surface area contributed by atoms with Gasteiger partial charge in [-0.1, -0.05) is 12.1 Å². The molecule has 0 bridgehead atoms. The van der Waals surface area contributed by atoms with Crippen molar-refractivity contribution < 1.29 is 31.1 Å². The lowest BCUT2D eigenvalue weighted by Crippen LogP contribution is -2.31. The standard InChI is InChI=1S/C18H19F3N2O4S/c1-12(17(24)22-16-7-5-4-6-15(16)18(19,20)21)27-14-10-8-13(9-11-14)23(2)28(3,25)26/h4-12H,1-3H3,(H,22,24). The normalized spacial score (nSPS) is 12.9. The first-order chi connectivity index (χ1) is 12.9. The Morgan fingerprint density at radius 2 is 1.68 bits per heavy atom. The number of anilines is 2. The zero-order valence-electron chi connectivity index (χ0n) is 15.3. The van der Waals surface area contributed by atoms with Gasteiger partial charge in [0.05, 0.1) is 23.2 Å². The van der Waals surface area contributed by atoms with Crippen molar-refractivity contribution >= 4 is 27.3 Å². The van der Waals surface area contributed by atoms with Gasteiger partial charge >= 0.3 is 6.18 Å². The zero-order chi connectivity index (χ0) is 21.1. The van der Waals surface area contributed by atoms with Gasteiger partial charge in [0.2, 0.25) is 10.0 Å². The molecule has 2 aromatic carbocycles. The molecular weight excluding hydrogens is 397 g/mol. The van der Waals surface area contributed by atoms with Crippen molar-refractivity contribution in [2.24, 2.45) is 0 Å². The molecule has 28 heavy (non-hydrogen) atoms. The first-order valence-corrected chi connectivity index (χ1v) is 9.92. The minimum Gasteiger partial charge on any atom is -0.481 e. The number of benzene rings is 2. The largest absolute Gasteiger partial charge is 0.481 e. The van der Waals surface area contributed by atoms with Crippen LogP contribution in [0.1, 0.15) is 12.5 Å². The van der Waals surface area contributed by atoms with E-state index in [1.165, 1.54) is 50.4 Å². The summed E-state index contributed by atoms with van der Waals surface area (Å²) in [4.78, 5) is 12.2. The van der Waals surface area contributed by atoms with E-state index in [1.807, 2.05) is 0 Å². The SMILES string of the molecule is CC(Oc1ccc(N(C)S(C)(=O)=O)cc1)C(=O)Nc1ccccc1C(F)(F)F. The van der Waals surface area contributed by atoms with Gasteiger partial charge in [-0.3, -0.25) is 9.10 Å². The number of rotatable bonds is 6. The second-order valence-electron chi connectivity index (χ2n) is 6.02. The first-order valence-electron chi connectivity index (χ1n) is 8.07. The molecule has 0 aliphatic rings. The van der Waals surface area contributed by atoms with Gasteiger partial charge in [-0.05, 0) is 43.3 Å². The van der Waals surface area contributed by atoms with Crippen molar-refractivity contribution in [2.45, 2.75) is 19.2 Å². The molecule has 0 saturated carbocycles. The van der Waals surface area contributed by atoms with E-state index in [-0.39, 0.29) is 11.4 Å². The molecule has 1 unspecified atom stereocenters. The molecule has 2 rings (SSSR count). The van der Waals surface area contributed by atoms with Crippen molar-refractivity contribution in [3.05, 3.63) is 54.1 Å². The van der Waals surface area contributed by atoms with Crippen LogP contribution in [0.15, 0.2) is 48.5 Å². The molecule has 0 aromatic heterocycles. The van der Waals surface area contributed by atoms with Crippen molar-refractivity contribution in [3.63, 3.8) is 0 Å². The topological polar surface area (TPSA) is 75.7 Å². The second-order valence-corrected chi connectivity index (χ2v) is 8.03. The van der Waals surface area contributed by atoms with E-state index in [0.29, 0.717) is 5.69 Å². The summed E-state index contributed by atoms with van der Waals surface area (Å²) >= 11 is 0. The van der Waals surface area contributed by atoms with Crippen molar-refractivity contribution in [1.82, 2.24) is 0 Å². The molecule has 0 saturated heterocycles. The van der Waals surface area contributed by atoms with Gasteiger partial charge in [-0.15, -0.1) is 0 Å². The number of carbonyl (C=O) groups is 1. The fraction of sp³-hybridized carbons (Fsp3) is 0.278. The second kappa shape index (κ2) is 8.09. The molecule has 152 valence electrons. The molecule has 0 heterocycles. The monoisotopic (exact) mass is 416 g/mol. The van der Waals surface area contributed by atoms with Crippen LogP contribution < -0.4 is 14.4 Å². The molecule has 0 aliphatic heterocycles. The Morgan fingerprint density at radius 3 is 2.21 bits per heavy atom. The van der Waals surface area contributed by atoms with E-state index in [1.54, 1.807) is 0 Å².